The lowest BCUT2D eigenvalue weighted by Gasteiger charge is -2.27. The predicted octanol–water partition coefficient (Wildman–Crippen LogP) is 2.35. The SMILES string of the molecule is CC1COc2c(F)c(F)cc3c(=O)c(C(=O)NC(CO)C(=O)Nc4cc(-c5ccccc5)[nH]n4)cn1c23. The molecular weight excluding hydrogens is 488 g/mol. The number of aliphatic hydroxyl groups is 1. The molecule has 0 radical (unpaired) electrons. The number of amides is 2. The molecule has 10 nitrogen and oxygen atoms in total. The number of anilines is 1. The van der Waals surface area contributed by atoms with E-state index in [1.807, 2.05) is 30.3 Å². The molecule has 1 aliphatic heterocycles. The van der Waals surface area contributed by atoms with Gasteiger partial charge in [0.15, 0.2) is 17.4 Å². The van der Waals surface area contributed by atoms with E-state index in [9.17, 15) is 28.3 Å². The van der Waals surface area contributed by atoms with Gasteiger partial charge in [-0.3, -0.25) is 19.5 Å². The van der Waals surface area contributed by atoms with Crippen molar-refractivity contribution in [1.82, 2.24) is 20.1 Å². The number of halogens is 2. The summed E-state index contributed by atoms with van der Waals surface area (Å²) in [6, 6.07) is 9.70. The number of carbonyl (C=O) groups excluding carboxylic acids is 2. The quantitative estimate of drug-likeness (QED) is 0.315. The molecule has 2 aromatic heterocycles. The molecule has 12 heteroatoms. The Hall–Kier alpha value is -4.58. The van der Waals surface area contributed by atoms with Gasteiger partial charge in [-0.25, -0.2) is 4.39 Å². The Morgan fingerprint density at radius 1 is 1.27 bits per heavy atom. The maximum atomic E-state index is 14.3. The molecule has 2 amide bonds. The predicted molar refractivity (Wildman–Crippen MR) is 129 cm³/mol. The largest absolute Gasteiger partial charge is 0.486 e. The van der Waals surface area contributed by atoms with E-state index in [1.54, 1.807) is 13.0 Å². The summed E-state index contributed by atoms with van der Waals surface area (Å²) in [5, 5.41) is 21.1. The standard InChI is InChI=1S/C25H21F2N5O5/c1-12-11-37-23-20(27)16(26)7-14-21(23)32(12)9-15(22(14)34)24(35)28-18(10-33)25(36)29-19-8-17(30-31-19)13-5-3-2-4-6-13/h2-9,12,18,33H,10-11H2,1H3,(H,28,35)(H2,29,30,31,36). The minimum absolute atomic E-state index is 0.0112. The van der Waals surface area contributed by atoms with E-state index in [0.29, 0.717) is 11.8 Å². The van der Waals surface area contributed by atoms with Crippen LogP contribution in [-0.4, -0.2) is 50.9 Å². The van der Waals surface area contributed by atoms with Crippen molar-refractivity contribution in [2.45, 2.75) is 19.0 Å². The van der Waals surface area contributed by atoms with Crippen LogP contribution in [-0.2, 0) is 4.79 Å². The summed E-state index contributed by atoms with van der Waals surface area (Å²) in [4.78, 5) is 38.8. The van der Waals surface area contributed by atoms with Gasteiger partial charge in [0.25, 0.3) is 11.8 Å². The second kappa shape index (κ2) is 9.47. The first kappa shape index (κ1) is 24.1. The molecule has 1 aliphatic rings. The first-order chi connectivity index (χ1) is 17.8. The van der Waals surface area contributed by atoms with Gasteiger partial charge in [-0.15, -0.1) is 0 Å². The number of H-pyrrole nitrogens is 1. The number of hydrogen-bond donors (Lipinski definition) is 4. The molecule has 0 fully saturated rings. The first-order valence-electron chi connectivity index (χ1n) is 11.3. The Labute approximate surface area is 207 Å². The number of aromatic nitrogens is 3. The molecule has 5 rings (SSSR count). The molecule has 0 bridgehead atoms. The van der Waals surface area contributed by atoms with Crippen molar-refractivity contribution in [3.8, 4) is 17.0 Å². The number of hydrogen-bond acceptors (Lipinski definition) is 6. The fourth-order valence-electron chi connectivity index (χ4n) is 4.15. The van der Waals surface area contributed by atoms with Crippen molar-refractivity contribution in [1.29, 1.82) is 0 Å². The van der Waals surface area contributed by atoms with E-state index in [0.717, 1.165) is 5.56 Å². The molecule has 3 heterocycles. The Bertz CT molecular complexity index is 1580. The van der Waals surface area contributed by atoms with E-state index < -0.39 is 58.9 Å². The highest BCUT2D eigenvalue weighted by atomic mass is 19.2. The van der Waals surface area contributed by atoms with E-state index in [2.05, 4.69) is 20.8 Å². The van der Waals surface area contributed by atoms with Gasteiger partial charge in [0.05, 0.1) is 29.2 Å². The molecular formula is C25H21F2N5O5. The smallest absolute Gasteiger partial charge is 0.257 e. The van der Waals surface area contributed by atoms with Crippen LogP contribution >= 0.6 is 0 Å². The number of ether oxygens (including phenoxy) is 1. The molecule has 4 aromatic rings. The molecule has 0 saturated heterocycles. The molecule has 0 saturated carbocycles. The van der Waals surface area contributed by atoms with Gasteiger partial charge in [-0.1, -0.05) is 30.3 Å². The van der Waals surface area contributed by atoms with Crippen LogP contribution in [0.1, 0.15) is 23.3 Å². The van der Waals surface area contributed by atoms with Gasteiger partial charge >= 0.3 is 0 Å². The van der Waals surface area contributed by atoms with Crippen LogP contribution in [0.2, 0.25) is 0 Å². The van der Waals surface area contributed by atoms with Gasteiger partial charge in [0.2, 0.25) is 11.2 Å². The van der Waals surface area contributed by atoms with Gasteiger partial charge in [-0.2, -0.15) is 9.49 Å². The second-order valence-corrected chi connectivity index (χ2v) is 8.57. The second-order valence-electron chi connectivity index (χ2n) is 8.57. The number of aliphatic hydroxyl groups excluding tert-OH is 1. The van der Waals surface area contributed by atoms with Crippen LogP contribution in [0.4, 0.5) is 14.6 Å². The van der Waals surface area contributed by atoms with Crippen LogP contribution in [0.15, 0.2) is 53.5 Å². The highest BCUT2D eigenvalue weighted by molar-refractivity contribution is 6.02. The van der Waals surface area contributed by atoms with Gasteiger partial charge in [0.1, 0.15) is 18.2 Å². The lowest BCUT2D eigenvalue weighted by Crippen LogP contribution is -2.47. The van der Waals surface area contributed by atoms with E-state index >= 15 is 0 Å². The molecule has 37 heavy (non-hydrogen) atoms. The van der Waals surface area contributed by atoms with Gasteiger partial charge in [-0.05, 0) is 18.6 Å². The normalized spacial score (nSPS) is 15.2. The van der Waals surface area contributed by atoms with Crippen molar-refractivity contribution in [3.63, 3.8) is 0 Å². The summed E-state index contributed by atoms with van der Waals surface area (Å²) in [6.45, 7) is 0.930. The van der Waals surface area contributed by atoms with E-state index in [1.165, 1.54) is 10.8 Å². The van der Waals surface area contributed by atoms with Crippen molar-refractivity contribution in [2.75, 3.05) is 18.5 Å². The van der Waals surface area contributed by atoms with E-state index in [4.69, 9.17) is 4.74 Å². The zero-order valence-electron chi connectivity index (χ0n) is 19.4. The number of aromatic amines is 1. The molecule has 0 spiro atoms. The summed E-state index contributed by atoms with van der Waals surface area (Å²) in [5.41, 5.74) is 0.222. The third-order valence-corrected chi connectivity index (χ3v) is 6.07. The highest BCUT2D eigenvalue weighted by Crippen LogP contribution is 2.35. The average molecular weight is 509 g/mol. The van der Waals surface area contributed by atoms with Crippen LogP contribution in [0, 0.1) is 11.6 Å². The van der Waals surface area contributed by atoms with Gasteiger partial charge in [0, 0.05) is 12.3 Å². The lowest BCUT2D eigenvalue weighted by molar-refractivity contribution is -0.118. The number of rotatable bonds is 6. The maximum absolute atomic E-state index is 14.3. The average Bonchev–Trinajstić information content (AvgIpc) is 3.36. The van der Waals surface area contributed by atoms with Crippen LogP contribution in [0.5, 0.6) is 5.75 Å². The maximum Gasteiger partial charge on any atom is 0.257 e. The zero-order chi connectivity index (χ0) is 26.3. The summed E-state index contributed by atoms with van der Waals surface area (Å²) < 4.78 is 35.2. The topological polar surface area (TPSA) is 138 Å². The van der Waals surface area contributed by atoms with Crippen molar-refractivity contribution >= 4 is 28.5 Å². The number of benzene rings is 2. The summed E-state index contributed by atoms with van der Waals surface area (Å²) in [6.07, 6.45) is 1.21. The number of carbonyl (C=O) groups is 2. The molecule has 4 N–H and O–H groups in total. The fraction of sp³-hybridized carbons (Fsp3) is 0.200. The van der Waals surface area contributed by atoms with Gasteiger partial charge < -0.3 is 25.0 Å². The number of nitrogens with zero attached hydrogens (tertiary/aromatic N) is 2. The molecule has 190 valence electrons. The Morgan fingerprint density at radius 3 is 2.76 bits per heavy atom. The minimum atomic E-state index is -1.43. The summed E-state index contributed by atoms with van der Waals surface area (Å²) in [7, 11) is 0. The summed E-state index contributed by atoms with van der Waals surface area (Å²) >= 11 is 0. The molecule has 2 aromatic carbocycles. The molecule has 2 unspecified atom stereocenters. The Balaban J connectivity index is 1.40. The van der Waals surface area contributed by atoms with Crippen molar-refractivity contribution in [2.24, 2.45) is 0 Å². The monoisotopic (exact) mass is 509 g/mol. The van der Waals surface area contributed by atoms with Crippen molar-refractivity contribution in [3.05, 3.63) is 76.1 Å². The highest BCUT2D eigenvalue weighted by Gasteiger charge is 2.29. The lowest BCUT2D eigenvalue weighted by atomic mass is 10.1. The first-order valence-corrected chi connectivity index (χ1v) is 11.3. The molecule has 0 aliphatic carbocycles. The fourth-order valence-corrected chi connectivity index (χ4v) is 4.15. The summed E-state index contributed by atoms with van der Waals surface area (Å²) in [5.74, 6) is -4.51. The Kier molecular flexibility index (Phi) is 6.17. The van der Waals surface area contributed by atoms with E-state index in [-0.39, 0.29) is 23.3 Å². The Morgan fingerprint density at radius 2 is 2.03 bits per heavy atom. The third-order valence-electron chi connectivity index (χ3n) is 6.07. The molecule has 2 atom stereocenters. The van der Waals surface area contributed by atoms with Crippen LogP contribution < -0.4 is 20.8 Å². The number of pyridine rings is 1. The number of nitrogens with one attached hydrogen (secondary N) is 3. The third kappa shape index (κ3) is 4.31. The zero-order valence-corrected chi connectivity index (χ0v) is 19.4. The van der Waals surface area contributed by atoms with Crippen LogP contribution in [0.3, 0.4) is 0 Å². The minimum Gasteiger partial charge on any atom is -0.486 e. The van der Waals surface area contributed by atoms with Crippen LogP contribution in [0.25, 0.3) is 22.2 Å². The van der Waals surface area contributed by atoms with Crippen molar-refractivity contribution < 1.29 is 28.2 Å².